The van der Waals surface area contributed by atoms with Gasteiger partial charge in [0.1, 0.15) is 23.1 Å². The number of ether oxygens (including phenoxy) is 3. The molecule has 3 aliphatic heterocycles. The minimum Gasteiger partial charge on any atom is -0.496 e. The number of anilines is 1. The van der Waals surface area contributed by atoms with Gasteiger partial charge in [-0.25, -0.2) is 0 Å². The highest BCUT2D eigenvalue weighted by atomic mass is 16.5. The van der Waals surface area contributed by atoms with E-state index < -0.39 is 0 Å². The van der Waals surface area contributed by atoms with Crippen molar-refractivity contribution in [3.63, 3.8) is 0 Å². The summed E-state index contributed by atoms with van der Waals surface area (Å²) in [4.78, 5) is 19.7. The molecule has 2 aromatic carbocycles. The standard InChI is InChI=1S/C32H30N4O5/c1-38-29-13-20(32(37)36-17-24-14-23(36)18-40-24)2-4-26(29)30-15-28-31(41-30)25(6-9-34-28)19-3-5-27(21(12-19)16-33)35-22-7-10-39-11-8-22/h2-6,9,12-13,15,22-24,35H,7-8,10-11,14,17-18H2,1H3. The van der Waals surface area contributed by atoms with Gasteiger partial charge >= 0.3 is 0 Å². The van der Waals surface area contributed by atoms with Crippen molar-refractivity contribution in [1.29, 1.82) is 5.26 Å². The number of amides is 1. The molecule has 3 saturated heterocycles. The molecule has 7 rings (SSSR count). The number of furan rings is 1. The van der Waals surface area contributed by atoms with Crippen molar-refractivity contribution in [2.75, 3.05) is 38.8 Å². The third-order valence-corrected chi connectivity index (χ3v) is 8.32. The van der Waals surface area contributed by atoms with Crippen LogP contribution in [0.4, 0.5) is 5.69 Å². The number of carbonyl (C=O) groups is 1. The molecule has 4 aromatic rings. The van der Waals surface area contributed by atoms with Crippen LogP contribution in [-0.4, -0.2) is 67.5 Å². The summed E-state index contributed by atoms with van der Waals surface area (Å²) < 4.78 is 23.2. The first-order chi connectivity index (χ1) is 20.1. The number of rotatable bonds is 6. The smallest absolute Gasteiger partial charge is 0.254 e. The van der Waals surface area contributed by atoms with Gasteiger partial charge in [-0.2, -0.15) is 5.26 Å². The van der Waals surface area contributed by atoms with Crippen molar-refractivity contribution in [2.45, 2.75) is 37.5 Å². The summed E-state index contributed by atoms with van der Waals surface area (Å²) >= 11 is 0. The van der Waals surface area contributed by atoms with Crippen LogP contribution in [0.15, 0.2) is 59.1 Å². The highest BCUT2D eigenvalue weighted by molar-refractivity contribution is 5.97. The summed E-state index contributed by atoms with van der Waals surface area (Å²) in [7, 11) is 1.59. The number of benzene rings is 2. The van der Waals surface area contributed by atoms with Crippen LogP contribution < -0.4 is 10.1 Å². The molecule has 0 spiro atoms. The van der Waals surface area contributed by atoms with E-state index in [4.69, 9.17) is 18.6 Å². The molecule has 3 aliphatic rings. The Labute approximate surface area is 237 Å². The Balaban J connectivity index is 1.19. The molecule has 2 atom stereocenters. The molecule has 9 nitrogen and oxygen atoms in total. The van der Waals surface area contributed by atoms with Gasteiger partial charge in [-0.3, -0.25) is 9.78 Å². The van der Waals surface area contributed by atoms with Crippen molar-refractivity contribution in [3.05, 3.63) is 65.9 Å². The topological polar surface area (TPSA) is 110 Å². The summed E-state index contributed by atoms with van der Waals surface area (Å²) in [6, 6.07) is 17.8. The minimum atomic E-state index is -0.0118. The Bertz CT molecular complexity index is 1670. The molecular formula is C32H30N4O5. The number of nitrogens with one attached hydrogen (secondary N) is 1. The van der Waals surface area contributed by atoms with Crippen LogP contribution in [0, 0.1) is 11.3 Å². The van der Waals surface area contributed by atoms with E-state index in [1.165, 1.54) is 0 Å². The van der Waals surface area contributed by atoms with Crippen molar-refractivity contribution in [2.24, 2.45) is 0 Å². The molecule has 2 aromatic heterocycles. The Morgan fingerprint density at radius 2 is 2.00 bits per heavy atom. The molecule has 1 amide bonds. The van der Waals surface area contributed by atoms with E-state index in [2.05, 4.69) is 16.4 Å². The minimum absolute atomic E-state index is 0.0118. The Morgan fingerprint density at radius 3 is 2.76 bits per heavy atom. The number of aromatic nitrogens is 1. The zero-order chi connectivity index (χ0) is 27.9. The molecule has 0 aliphatic carbocycles. The van der Waals surface area contributed by atoms with Crippen LogP contribution in [0.2, 0.25) is 0 Å². The predicted octanol–water partition coefficient (Wildman–Crippen LogP) is 5.25. The summed E-state index contributed by atoms with van der Waals surface area (Å²) in [5.41, 5.74) is 5.71. The maximum absolute atomic E-state index is 13.2. The maximum atomic E-state index is 13.2. The fourth-order valence-corrected chi connectivity index (χ4v) is 6.13. The van der Waals surface area contributed by atoms with E-state index in [0.717, 1.165) is 54.9 Å². The van der Waals surface area contributed by atoms with E-state index in [1.54, 1.807) is 19.4 Å². The molecule has 0 saturated carbocycles. The maximum Gasteiger partial charge on any atom is 0.254 e. The van der Waals surface area contributed by atoms with Gasteiger partial charge in [0, 0.05) is 49.2 Å². The van der Waals surface area contributed by atoms with Crippen LogP contribution in [0.25, 0.3) is 33.6 Å². The number of carbonyl (C=O) groups excluding carboxylic acids is 1. The average Bonchev–Trinajstić information content (AvgIpc) is 3.77. The summed E-state index contributed by atoms with van der Waals surface area (Å²) in [5.74, 6) is 1.12. The molecule has 5 heterocycles. The first-order valence-electron chi connectivity index (χ1n) is 14.0. The summed E-state index contributed by atoms with van der Waals surface area (Å²) in [5, 5.41) is 13.4. The molecule has 41 heavy (non-hydrogen) atoms. The van der Waals surface area contributed by atoms with Crippen molar-refractivity contribution in [3.8, 4) is 34.3 Å². The fraction of sp³-hybridized carbons (Fsp3) is 0.344. The SMILES string of the molecule is COc1cc(C(=O)N2CC3CC2CO3)ccc1-c1cc2nccc(-c3ccc(NC4CCOCC4)c(C#N)c3)c2o1. The quantitative estimate of drug-likeness (QED) is 0.347. The molecule has 208 valence electrons. The Hall–Kier alpha value is -4.39. The van der Waals surface area contributed by atoms with Gasteiger partial charge < -0.3 is 28.8 Å². The third-order valence-electron chi connectivity index (χ3n) is 8.32. The van der Waals surface area contributed by atoms with Gasteiger partial charge in [-0.05, 0) is 61.2 Å². The number of hydrogen-bond donors (Lipinski definition) is 1. The van der Waals surface area contributed by atoms with E-state index >= 15 is 0 Å². The molecule has 0 radical (unpaired) electrons. The number of nitriles is 1. The largest absolute Gasteiger partial charge is 0.496 e. The lowest BCUT2D eigenvalue weighted by Gasteiger charge is -2.27. The van der Waals surface area contributed by atoms with Gasteiger partial charge in [-0.15, -0.1) is 0 Å². The predicted molar refractivity (Wildman–Crippen MR) is 153 cm³/mol. The van der Waals surface area contributed by atoms with Crippen LogP contribution >= 0.6 is 0 Å². The van der Waals surface area contributed by atoms with Crippen LogP contribution in [0.5, 0.6) is 5.75 Å². The average molecular weight is 551 g/mol. The van der Waals surface area contributed by atoms with Crippen molar-refractivity contribution < 1.29 is 23.4 Å². The van der Waals surface area contributed by atoms with Gasteiger partial charge in [0.15, 0.2) is 5.58 Å². The number of nitrogens with zero attached hydrogens (tertiary/aromatic N) is 3. The first-order valence-corrected chi connectivity index (χ1v) is 14.0. The Morgan fingerprint density at radius 1 is 1.12 bits per heavy atom. The summed E-state index contributed by atoms with van der Waals surface area (Å²) in [6.45, 7) is 2.69. The number of methoxy groups -OCH3 is 1. The van der Waals surface area contributed by atoms with Crippen LogP contribution in [0.1, 0.15) is 35.2 Å². The molecule has 2 bridgehead atoms. The molecule has 1 N–H and O–H groups in total. The zero-order valence-corrected chi connectivity index (χ0v) is 22.8. The van der Waals surface area contributed by atoms with Crippen LogP contribution in [-0.2, 0) is 9.47 Å². The van der Waals surface area contributed by atoms with Crippen molar-refractivity contribution >= 4 is 22.7 Å². The third kappa shape index (κ3) is 4.69. The number of pyridine rings is 1. The van der Waals surface area contributed by atoms with E-state index in [1.807, 2.05) is 47.4 Å². The van der Waals surface area contributed by atoms with Crippen molar-refractivity contribution in [1.82, 2.24) is 9.88 Å². The van der Waals surface area contributed by atoms with Crippen LogP contribution in [0.3, 0.4) is 0 Å². The van der Waals surface area contributed by atoms with Gasteiger partial charge in [0.05, 0.1) is 42.7 Å². The number of morpholine rings is 1. The lowest BCUT2D eigenvalue weighted by molar-refractivity contribution is 0.0259. The highest BCUT2D eigenvalue weighted by Crippen LogP contribution is 2.39. The normalized spacial score (nSPS) is 20.3. The fourth-order valence-electron chi connectivity index (χ4n) is 6.13. The first kappa shape index (κ1) is 25.6. The molecule has 2 unspecified atom stereocenters. The Kier molecular flexibility index (Phi) is 6.57. The molecule has 3 fully saturated rings. The van der Waals surface area contributed by atoms with Gasteiger partial charge in [0.25, 0.3) is 5.91 Å². The lowest BCUT2D eigenvalue weighted by atomic mass is 10.0. The number of fused-ring (bicyclic) bond motifs is 3. The second-order valence-electron chi connectivity index (χ2n) is 10.8. The van der Waals surface area contributed by atoms with E-state index in [-0.39, 0.29) is 24.1 Å². The molecular weight excluding hydrogens is 520 g/mol. The van der Waals surface area contributed by atoms with Gasteiger partial charge in [-0.1, -0.05) is 6.07 Å². The number of hydrogen-bond acceptors (Lipinski definition) is 8. The summed E-state index contributed by atoms with van der Waals surface area (Å²) in [6.07, 6.45) is 4.62. The second-order valence-corrected chi connectivity index (χ2v) is 10.8. The van der Waals surface area contributed by atoms with E-state index in [0.29, 0.717) is 46.9 Å². The zero-order valence-electron chi connectivity index (χ0n) is 22.8. The molecule has 9 heteroatoms. The lowest BCUT2D eigenvalue weighted by Crippen LogP contribution is -2.41. The second kappa shape index (κ2) is 10.5. The number of likely N-dealkylation sites (tertiary alicyclic amines) is 1. The highest BCUT2D eigenvalue weighted by Gasteiger charge is 2.41. The van der Waals surface area contributed by atoms with E-state index in [9.17, 15) is 10.1 Å². The monoisotopic (exact) mass is 550 g/mol. The van der Waals surface area contributed by atoms with Gasteiger partial charge in [0.2, 0.25) is 0 Å².